The highest BCUT2D eigenvalue weighted by molar-refractivity contribution is 7.99. The van der Waals surface area contributed by atoms with Gasteiger partial charge in [0.15, 0.2) is 5.78 Å². The molecule has 0 saturated heterocycles. The van der Waals surface area contributed by atoms with Crippen LogP contribution in [0.25, 0.3) is 0 Å². The van der Waals surface area contributed by atoms with E-state index < -0.39 is 22.9 Å². The molecule has 1 fully saturated rings. The van der Waals surface area contributed by atoms with Crippen molar-refractivity contribution < 1.29 is 18.0 Å². The van der Waals surface area contributed by atoms with Crippen molar-refractivity contribution in [2.24, 2.45) is 0 Å². The second-order valence-electron chi connectivity index (χ2n) is 6.78. The van der Waals surface area contributed by atoms with Gasteiger partial charge >= 0.3 is 6.18 Å². The highest BCUT2D eigenvalue weighted by Crippen LogP contribution is 2.48. The number of hydrogen-bond acceptors (Lipinski definition) is 6. The summed E-state index contributed by atoms with van der Waals surface area (Å²) < 4.78 is 39.1. The molecular formula is C20H19F3N4OS. The number of aromatic nitrogens is 2. The highest BCUT2D eigenvalue weighted by atomic mass is 32.2. The monoisotopic (exact) mass is 420 g/mol. The van der Waals surface area contributed by atoms with E-state index in [-0.39, 0.29) is 23.5 Å². The summed E-state index contributed by atoms with van der Waals surface area (Å²) in [6.45, 7) is 1.93. The fourth-order valence-corrected chi connectivity index (χ4v) is 3.88. The van der Waals surface area contributed by atoms with Crippen LogP contribution in [0.4, 0.5) is 19.0 Å². The topological polar surface area (TPSA) is 78.7 Å². The quantitative estimate of drug-likeness (QED) is 0.520. The van der Waals surface area contributed by atoms with Gasteiger partial charge in [0, 0.05) is 36.3 Å². The molecule has 0 amide bonds. The molecule has 0 atom stereocenters. The molecule has 0 unspecified atom stereocenters. The summed E-state index contributed by atoms with van der Waals surface area (Å²) in [4.78, 5) is 21.6. The first kappa shape index (κ1) is 21.1. The standard InChI is InChI=1S/C20H19F3N4OS/c1-3-29-16-8-13(19(11-24)4-5-19)9-26-17(16)15(28)7-12-6-14(20(21,22)23)10-27-18(12)25-2/h6,8-10H,3-5,7H2,1-2H3,(H,25,27). The van der Waals surface area contributed by atoms with Crippen LogP contribution in [0.2, 0.25) is 0 Å². The van der Waals surface area contributed by atoms with Gasteiger partial charge in [-0.3, -0.25) is 9.78 Å². The van der Waals surface area contributed by atoms with E-state index in [2.05, 4.69) is 21.4 Å². The van der Waals surface area contributed by atoms with Gasteiger partial charge in [0.1, 0.15) is 11.5 Å². The normalized spacial score (nSPS) is 14.9. The van der Waals surface area contributed by atoms with E-state index >= 15 is 0 Å². The molecule has 1 saturated carbocycles. The average Bonchev–Trinajstić information content (AvgIpc) is 3.48. The third-order valence-corrected chi connectivity index (χ3v) is 5.73. The maximum Gasteiger partial charge on any atom is 0.417 e. The van der Waals surface area contributed by atoms with Gasteiger partial charge in [-0.15, -0.1) is 11.8 Å². The Morgan fingerprint density at radius 2 is 2.03 bits per heavy atom. The predicted molar refractivity (Wildman–Crippen MR) is 104 cm³/mol. The van der Waals surface area contributed by atoms with E-state index in [0.717, 1.165) is 30.7 Å². The van der Waals surface area contributed by atoms with Crippen LogP contribution in [0.1, 0.15) is 46.9 Å². The van der Waals surface area contributed by atoms with Crippen molar-refractivity contribution in [3.8, 4) is 6.07 Å². The number of carbonyl (C=O) groups is 1. The van der Waals surface area contributed by atoms with E-state index in [1.807, 2.05) is 13.0 Å². The second kappa shape index (κ2) is 8.03. The lowest BCUT2D eigenvalue weighted by Gasteiger charge is -2.14. The highest BCUT2D eigenvalue weighted by Gasteiger charge is 2.45. The number of thioether (sulfide) groups is 1. The summed E-state index contributed by atoms with van der Waals surface area (Å²) in [5, 5.41) is 12.1. The maximum atomic E-state index is 13.0. The molecule has 2 heterocycles. The minimum Gasteiger partial charge on any atom is -0.373 e. The van der Waals surface area contributed by atoms with Crippen LogP contribution in [0.3, 0.4) is 0 Å². The molecule has 0 aliphatic heterocycles. The number of nitrogens with one attached hydrogen (secondary N) is 1. The van der Waals surface area contributed by atoms with Gasteiger partial charge in [0.2, 0.25) is 0 Å². The van der Waals surface area contributed by atoms with E-state index in [9.17, 15) is 23.2 Å². The smallest absolute Gasteiger partial charge is 0.373 e. The predicted octanol–water partition coefficient (Wildman–Crippen LogP) is 4.63. The van der Waals surface area contributed by atoms with Crippen molar-refractivity contribution in [3.63, 3.8) is 0 Å². The Labute approximate surface area is 170 Å². The minimum atomic E-state index is -4.55. The molecule has 5 nitrogen and oxygen atoms in total. The number of halogens is 3. The summed E-state index contributed by atoms with van der Waals surface area (Å²) >= 11 is 1.42. The first-order valence-electron chi connectivity index (χ1n) is 9.05. The third-order valence-electron chi connectivity index (χ3n) is 4.82. The largest absolute Gasteiger partial charge is 0.417 e. The van der Waals surface area contributed by atoms with Crippen molar-refractivity contribution in [2.45, 2.75) is 42.7 Å². The number of anilines is 1. The lowest BCUT2D eigenvalue weighted by molar-refractivity contribution is -0.137. The summed E-state index contributed by atoms with van der Waals surface area (Å²) in [6, 6.07) is 5.06. The van der Waals surface area contributed by atoms with Crippen molar-refractivity contribution in [3.05, 3.63) is 46.9 Å². The van der Waals surface area contributed by atoms with Gasteiger partial charge in [-0.25, -0.2) is 4.98 Å². The van der Waals surface area contributed by atoms with Crippen LogP contribution >= 0.6 is 11.8 Å². The number of Topliss-reactive ketones (excluding diaryl/α,β-unsaturated/α-hetero) is 1. The molecule has 1 N–H and O–H groups in total. The first-order chi connectivity index (χ1) is 13.7. The first-order valence-corrected chi connectivity index (χ1v) is 10.0. The van der Waals surface area contributed by atoms with Crippen molar-refractivity contribution in [1.82, 2.24) is 9.97 Å². The molecular weight excluding hydrogens is 401 g/mol. The number of rotatable bonds is 7. The Balaban J connectivity index is 1.94. The van der Waals surface area contributed by atoms with E-state index in [0.29, 0.717) is 10.6 Å². The molecule has 0 bridgehead atoms. The number of ketones is 1. The lowest BCUT2D eigenvalue weighted by atomic mass is 9.98. The zero-order valence-corrected chi connectivity index (χ0v) is 16.7. The second-order valence-corrected chi connectivity index (χ2v) is 8.08. The van der Waals surface area contributed by atoms with Crippen molar-refractivity contribution in [2.75, 3.05) is 18.1 Å². The van der Waals surface area contributed by atoms with Gasteiger partial charge < -0.3 is 5.32 Å². The molecule has 1 aliphatic carbocycles. The van der Waals surface area contributed by atoms with E-state index in [1.165, 1.54) is 25.0 Å². The summed E-state index contributed by atoms with van der Waals surface area (Å²) in [5.41, 5.74) is -0.295. The van der Waals surface area contributed by atoms with Crippen LogP contribution in [0, 0.1) is 11.3 Å². The number of carbonyl (C=O) groups excluding carboxylic acids is 1. The van der Waals surface area contributed by atoms with Crippen LogP contribution < -0.4 is 5.32 Å². The number of nitriles is 1. The summed E-state index contributed by atoms with van der Waals surface area (Å²) in [7, 11) is 1.53. The number of alkyl halides is 3. The number of nitrogens with zero attached hydrogens (tertiary/aromatic N) is 3. The van der Waals surface area contributed by atoms with Gasteiger partial charge in [-0.05, 0) is 36.3 Å². The van der Waals surface area contributed by atoms with Crippen LogP contribution in [-0.4, -0.2) is 28.6 Å². The molecule has 9 heteroatoms. The molecule has 2 aromatic heterocycles. The minimum absolute atomic E-state index is 0.154. The van der Waals surface area contributed by atoms with Crippen molar-refractivity contribution in [1.29, 1.82) is 5.26 Å². The molecule has 0 radical (unpaired) electrons. The van der Waals surface area contributed by atoms with Gasteiger partial charge in [0.05, 0.1) is 17.0 Å². The molecule has 29 heavy (non-hydrogen) atoms. The van der Waals surface area contributed by atoms with E-state index in [4.69, 9.17) is 0 Å². The number of hydrogen-bond donors (Lipinski definition) is 1. The van der Waals surface area contributed by atoms with Gasteiger partial charge in [0.25, 0.3) is 0 Å². The van der Waals surface area contributed by atoms with Crippen LogP contribution in [0.5, 0.6) is 0 Å². The summed E-state index contributed by atoms with van der Waals surface area (Å²) in [5.74, 6) is 0.513. The SMILES string of the molecule is CCSc1cc(C2(C#N)CC2)cnc1C(=O)Cc1cc(C(F)(F)F)cnc1NC. The third kappa shape index (κ3) is 4.37. The molecule has 0 aromatic carbocycles. The Kier molecular flexibility index (Phi) is 5.85. The lowest BCUT2D eigenvalue weighted by Crippen LogP contribution is -2.14. The van der Waals surface area contributed by atoms with Crippen LogP contribution in [-0.2, 0) is 18.0 Å². The molecule has 152 valence electrons. The molecule has 0 spiro atoms. The van der Waals surface area contributed by atoms with Gasteiger partial charge in [-0.2, -0.15) is 18.4 Å². The Bertz CT molecular complexity index is 981. The maximum absolute atomic E-state index is 13.0. The number of pyridine rings is 2. The van der Waals surface area contributed by atoms with E-state index in [1.54, 1.807) is 0 Å². The zero-order chi connectivity index (χ0) is 21.2. The van der Waals surface area contributed by atoms with Crippen molar-refractivity contribution >= 4 is 23.4 Å². The fraction of sp³-hybridized carbons (Fsp3) is 0.400. The van der Waals surface area contributed by atoms with Gasteiger partial charge in [-0.1, -0.05) is 6.92 Å². The Morgan fingerprint density at radius 1 is 1.31 bits per heavy atom. The molecule has 1 aliphatic rings. The molecule has 3 rings (SSSR count). The average molecular weight is 420 g/mol. The zero-order valence-electron chi connectivity index (χ0n) is 15.9. The Morgan fingerprint density at radius 3 is 2.59 bits per heavy atom. The molecule has 2 aromatic rings. The summed E-state index contributed by atoms with van der Waals surface area (Å²) in [6.07, 6.45) is -1.02. The fourth-order valence-electron chi connectivity index (χ4n) is 3.05. The Hall–Kier alpha value is -2.60. The van der Waals surface area contributed by atoms with Crippen LogP contribution in [0.15, 0.2) is 29.4 Å².